The van der Waals surface area contributed by atoms with E-state index in [0.717, 1.165) is 24.3 Å². The summed E-state index contributed by atoms with van der Waals surface area (Å²) in [5.41, 5.74) is 0. The fourth-order valence-electron chi connectivity index (χ4n) is 3.70. The standard InChI is InChI=1S/C24H30O5S3/c1-29-23(28)15-30-11-4-12-31-24-19(20(26)14-21(24)27)10-8-17(25)7-9-18-13-16-5-2-3-6-22(16)32-18/h2-3,5-6,8,10,13,17,19-20,24-26H,4,7,9,11-12,14-15H2,1H3/b10-8+/t17?,19-,20+,24+/m0/s1. The molecule has 1 fully saturated rings. The number of fused-ring (bicyclic) bond motifs is 1. The van der Waals surface area contributed by atoms with Crippen LogP contribution in [0.4, 0.5) is 0 Å². The second-order valence-electron chi connectivity index (χ2n) is 7.83. The highest BCUT2D eigenvalue weighted by molar-refractivity contribution is 8.01. The Hall–Kier alpha value is -1.32. The number of rotatable bonds is 12. The zero-order valence-electron chi connectivity index (χ0n) is 18.1. The van der Waals surface area contributed by atoms with Gasteiger partial charge in [-0.15, -0.1) is 23.1 Å². The zero-order valence-corrected chi connectivity index (χ0v) is 20.6. The van der Waals surface area contributed by atoms with Crippen LogP contribution < -0.4 is 0 Å². The van der Waals surface area contributed by atoms with Crippen molar-refractivity contribution in [3.8, 4) is 0 Å². The van der Waals surface area contributed by atoms with Crippen LogP contribution in [0.2, 0.25) is 0 Å². The van der Waals surface area contributed by atoms with E-state index < -0.39 is 12.2 Å². The Kier molecular flexibility index (Phi) is 10.1. The summed E-state index contributed by atoms with van der Waals surface area (Å²) >= 11 is 4.83. The first kappa shape index (κ1) is 25.3. The van der Waals surface area contributed by atoms with E-state index in [4.69, 9.17) is 0 Å². The predicted octanol–water partition coefficient (Wildman–Crippen LogP) is 4.10. The molecule has 2 aromatic rings. The summed E-state index contributed by atoms with van der Waals surface area (Å²) in [6.45, 7) is 0. The molecule has 4 atom stereocenters. The summed E-state index contributed by atoms with van der Waals surface area (Å²) in [6.07, 6.45) is 4.70. The molecule has 174 valence electrons. The fraction of sp³-hybridized carbons (Fsp3) is 0.500. The first-order chi connectivity index (χ1) is 15.5. The molecule has 1 aromatic carbocycles. The highest BCUT2D eigenvalue weighted by Crippen LogP contribution is 2.34. The molecule has 1 saturated carbocycles. The van der Waals surface area contributed by atoms with Gasteiger partial charge in [0.2, 0.25) is 0 Å². The third kappa shape index (κ3) is 7.35. The van der Waals surface area contributed by atoms with Gasteiger partial charge in [-0.1, -0.05) is 30.4 Å². The van der Waals surface area contributed by atoms with Gasteiger partial charge in [0.15, 0.2) is 0 Å². The number of benzene rings is 1. The molecule has 1 unspecified atom stereocenters. The van der Waals surface area contributed by atoms with E-state index in [2.05, 4.69) is 22.9 Å². The summed E-state index contributed by atoms with van der Waals surface area (Å²) in [6, 6.07) is 10.4. The average Bonchev–Trinajstić information content (AvgIpc) is 3.32. The lowest BCUT2D eigenvalue weighted by molar-refractivity contribution is -0.137. The summed E-state index contributed by atoms with van der Waals surface area (Å²) in [4.78, 5) is 24.7. The number of ether oxygens (including phenoxy) is 1. The van der Waals surface area contributed by atoms with Gasteiger partial charge in [-0.05, 0) is 48.3 Å². The van der Waals surface area contributed by atoms with Crippen molar-refractivity contribution >= 4 is 56.7 Å². The second-order valence-corrected chi connectivity index (χ2v) is 11.4. The van der Waals surface area contributed by atoms with Gasteiger partial charge in [0.25, 0.3) is 0 Å². The number of methoxy groups -OCH3 is 1. The van der Waals surface area contributed by atoms with E-state index in [1.165, 1.54) is 33.8 Å². The minimum Gasteiger partial charge on any atom is -0.468 e. The minimum absolute atomic E-state index is 0.0686. The highest BCUT2D eigenvalue weighted by Gasteiger charge is 2.40. The van der Waals surface area contributed by atoms with Crippen LogP contribution in [0.25, 0.3) is 10.1 Å². The van der Waals surface area contributed by atoms with Crippen LogP contribution in [0.3, 0.4) is 0 Å². The number of aliphatic hydroxyl groups is 2. The Bertz CT molecular complexity index is 892. The summed E-state index contributed by atoms with van der Waals surface area (Å²) < 4.78 is 5.87. The van der Waals surface area contributed by atoms with Crippen molar-refractivity contribution in [2.75, 3.05) is 24.4 Å². The molecule has 0 radical (unpaired) electrons. The van der Waals surface area contributed by atoms with Crippen molar-refractivity contribution in [2.45, 2.75) is 43.1 Å². The van der Waals surface area contributed by atoms with Gasteiger partial charge in [0, 0.05) is 21.9 Å². The maximum Gasteiger partial charge on any atom is 0.315 e. The van der Waals surface area contributed by atoms with Gasteiger partial charge in [-0.2, -0.15) is 11.8 Å². The van der Waals surface area contributed by atoms with Crippen molar-refractivity contribution in [1.82, 2.24) is 0 Å². The third-order valence-corrected chi connectivity index (χ3v) is 9.07. The Morgan fingerprint density at radius 2 is 2.16 bits per heavy atom. The number of thiophene rings is 1. The fourth-order valence-corrected chi connectivity index (χ4v) is 7.08. The van der Waals surface area contributed by atoms with E-state index in [1.54, 1.807) is 29.2 Å². The topological polar surface area (TPSA) is 83.8 Å². The summed E-state index contributed by atoms with van der Waals surface area (Å²) in [5, 5.41) is 21.7. The van der Waals surface area contributed by atoms with E-state index in [1.807, 2.05) is 18.2 Å². The van der Waals surface area contributed by atoms with Crippen LogP contribution in [0.1, 0.15) is 24.1 Å². The van der Waals surface area contributed by atoms with Gasteiger partial charge in [0.05, 0.1) is 30.3 Å². The Labute approximate surface area is 201 Å². The zero-order chi connectivity index (χ0) is 22.9. The molecular weight excluding hydrogens is 464 g/mol. The summed E-state index contributed by atoms with van der Waals surface area (Å²) in [7, 11) is 1.38. The number of aliphatic hydroxyl groups excluding tert-OH is 2. The third-order valence-electron chi connectivity index (χ3n) is 5.42. The van der Waals surface area contributed by atoms with Gasteiger partial charge in [-0.25, -0.2) is 0 Å². The van der Waals surface area contributed by atoms with E-state index >= 15 is 0 Å². The number of aryl methyl sites for hydroxylation is 1. The monoisotopic (exact) mass is 494 g/mol. The number of hydrogen-bond donors (Lipinski definition) is 2. The van der Waals surface area contributed by atoms with E-state index in [9.17, 15) is 19.8 Å². The van der Waals surface area contributed by atoms with Crippen LogP contribution >= 0.6 is 34.9 Å². The van der Waals surface area contributed by atoms with Gasteiger partial charge in [-0.3, -0.25) is 9.59 Å². The van der Waals surface area contributed by atoms with Gasteiger partial charge in [0.1, 0.15) is 5.78 Å². The first-order valence-electron chi connectivity index (χ1n) is 10.8. The minimum atomic E-state index is -0.695. The number of ketones is 1. The lowest BCUT2D eigenvalue weighted by atomic mass is 10.0. The lowest BCUT2D eigenvalue weighted by Gasteiger charge is -2.17. The molecule has 0 aliphatic heterocycles. The largest absolute Gasteiger partial charge is 0.468 e. The number of Topliss-reactive ketones (excluding diaryl/α,β-unsaturated/α-hetero) is 1. The van der Waals surface area contributed by atoms with Gasteiger partial charge < -0.3 is 14.9 Å². The normalized spacial score (nSPS) is 22.1. The maximum absolute atomic E-state index is 12.3. The molecule has 8 heteroatoms. The smallest absolute Gasteiger partial charge is 0.315 e. The Balaban J connectivity index is 1.44. The highest BCUT2D eigenvalue weighted by atomic mass is 32.2. The Morgan fingerprint density at radius 3 is 2.94 bits per heavy atom. The van der Waals surface area contributed by atoms with Crippen molar-refractivity contribution in [3.05, 3.63) is 47.4 Å². The number of esters is 1. The van der Waals surface area contributed by atoms with Crippen LogP contribution in [0.15, 0.2) is 42.5 Å². The molecule has 2 N–H and O–H groups in total. The lowest BCUT2D eigenvalue weighted by Crippen LogP contribution is -2.22. The van der Waals surface area contributed by atoms with Crippen molar-refractivity contribution in [2.24, 2.45) is 5.92 Å². The predicted molar refractivity (Wildman–Crippen MR) is 135 cm³/mol. The van der Waals surface area contributed by atoms with E-state index in [-0.39, 0.29) is 29.3 Å². The van der Waals surface area contributed by atoms with Gasteiger partial charge >= 0.3 is 5.97 Å². The molecule has 5 nitrogen and oxygen atoms in total. The Morgan fingerprint density at radius 1 is 1.34 bits per heavy atom. The molecule has 1 aliphatic carbocycles. The molecule has 1 heterocycles. The van der Waals surface area contributed by atoms with Crippen molar-refractivity contribution in [1.29, 1.82) is 0 Å². The van der Waals surface area contributed by atoms with Crippen molar-refractivity contribution < 1.29 is 24.5 Å². The van der Waals surface area contributed by atoms with E-state index in [0.29, 0.717) is 12.2 Å². The molecule has 3 rings (SSSR count). The average molecular weight is 495 g/mol. The first-order valence-corrected chi connectivity index (χ1v) is 13.8. The van der Waals surface area contributed by atoms with Crippen LogP contribution in [-0.4, -0.2) is 63.8 Å². The molecule has 32 heavy (non-hydrogen) atoms. The molecule has 0 spiro atoms. The molecule has 1 aliphatic rings. The molecule has 0 amide bonds. The van der Waals surface area contributed by atoms with Crippen LogP contribution in [0.5, 0.6) is 0 Å². The molecule has 1 aromatic heterocycles. The number of hydrogen-bond acceptors (Lipinski definition) is 8. The maximum atomic E-state index is 12.3. The summed E-state index contributed by atoms with van der Waals surface area (Å²) in [5.74, 6) is 1.52. The SMILES string of the molecule is COC(=O)CSCCCS[C@H]1C(=O)C[C@@H](O)[C@@H]1/C=C/C(O)CCc1cc2ccccc2s1. The number of thioether (sulfide) groups is 2. The molecule has 0 saturated heterocycles. The second kappa shape index (κ2) is 12.8. The van der Waals surface area contributed by atoms with Crippen LogP contribution in [-0.2, 0) is 20.7 Å². The quantitative estimate of drug-likeness (QED) is 0.261. The molecular formula is C24H30O5S3. The molecule has 0 bridgehead atoms. The van der Waals surface area contributed by atoms with Crippen LogP contribution in [0, 0.1) is 5.92 Å². The number of carbonyl (C=O) groups is 2. The number of carbonyl (C=O) groups excluding carboxylic acids is 2. The van der Waals surface area contributed by atoms with Crippen molar-refractivity contribution in [3.63, 3.8) is 0 Å².